The maximum Gasteiger partial charge on any atom is 0.0541 e. The van der Waals surface area contributed by atoms with Gasteiger partial charge in [-0.2, -0.15) is 0 Å². The maximum absolute atomic E-state index is 9.76. The van der Waals surface area contributed by atoms with Crippen LogP contribution in [-0.4, -0.2) is 35.2 Å². The SMILES string of the molecule is CCC(N)C(c1cccc(Br)c1)N1CCC(C(C)O)CC1. The number of piperidine rings is 1. The lowest BCUT2D eigenvalue weighted by Crippen LogP contribution is -2.45. The van der Waals surface area contributed by atoms with Crippen molar-refractivity contribution in [3.63, 3.8) is 0 Å². The Kier molecular flexibility index (Phi) is 6.23. The summed E-state index contributed by atoms with van der Waals surface area (Å²) in [6.07, 6.45) is 2.88. The lowest BCUT2D eigenvalue weighted by Gasteiger charge is -2.41. The van der Waals surface area contributed by atoms with Gasteiger partial charge in [0.15, 0.2) is 0 Å². The fourth-order valence-corrected chi connectivity index (χ4v) is 3.74. The molecule has 1 fully saturated rings. The van der Waals surface area contributed by atoms with Crippen molar-refractivity contribution in [2.45, 2.75) is 51.3 Å². The minimum absolute atomic E-state index is 0.141. The molecule has 0 radical (unpaired) electrons. The Morgan fingerprint density at radius 3 is 2.57 bits per heavy atom. The van der Waals surface area contributed by atoms with Gasteiger partial charge in [-0.1, -0.05) is 35.0 Å². The van der Waals surface area contributed by atoms with Crippen molar-refractivity contribution in [1.29, 1.82) is 0 Å². The molecule has 0 aliphatic carbocycles. The zero-order valence-electron chi connectivity index (χ0n) is 13.0. The van der Waals surface area contributed by atoms with Crippen LogP contribution >= 0.6 is 15.9 Å². The first-order valence-electron chi connectivity index (χ1n) is 7.96. The van der Waals surface area contributed by atoms with E-state index in [0.29, 0.717) is 5.92 Å². The zero-order valence-corrected chi connectivity index (χ0v) is 14.6. The minimum atomic E-state index is -0.198. The first-order valence-corrected chi connectivity index (χ1v) is 8.75. The van der Waals surface area contributed by atoms with Gasteiger partial charge in [-0.25, -0.2) is 0 Å². The summed E-state index contributed by atoms with van der Waals surface area (Å²) in [4.78, 5) is 2.49. The number of nitrogens with zero attached hydrogens (tertiary/aromatic N) is 1. The highest BCUT2D eigenvalue weighted by molar-refractivity contribution is 9.10. The van der Waals surface area contributed by atoms with Crippen molar-refractivity contribution in [1.82, 2.24) is 4.90 Å². The first kappa shape index (κ1) is 16.9. The van der Waals surface area contributed by atoms with E-state index in [-0.39, 0.29) is 18.2 Å². The van der Waals surface area contributed by atoms with Crippen LogP contribution in [0.15, 0.2) is 28.7 Å². The van der Waals surface area contributed by atoms with E-state index in [1.165, 1.54) is 5.56 Å². The van der Waals surface area contributed by atoms with Crippen molar-refractivity contribution >= 4 is 15.9 Å². The predicted molar refractivity (Wildman–Crippen MR) is 91.1 cm³/mol. The van der Waals surface area contributed by atoms with Gasteiger partial charge in [0.25, 0.3) is 0 Å². The molecule has 3 N–H and O–H groups in total. The summed E-state index contributed by atoms with van der Waals surface area (Å²) in [5.74, 6) is 0.433. The number of halogens is 1. The molecule has 1 saturated heterocycles. The lowest BCUT2D eigenvalue weighted by molar-refractivity contribution is 0.0495. The molecule has 0 bridgehead atoms. The third-order valence-corrected chi connectivity index (χ3v) is 5.21. The summed E-state index contributed by atoms with van der Waals surface area (Å²) in [6, 6.07) is 8.90. The number of nitrogens with two attached hydrogens (primary N) is 1. The second-order valence-corrected chi connectivity index (χ2v) is 7.10. The molecule has 118 valence electrons. The lowest BCUT2D eigenvalue weighted by atomic mass is 9.88. The van der Waals surface area contributed by atoms with Crippen LogP contribution in [0.5, 0.6) is 0 Å². The van der Waals surface area contributed by atoms with E-state index in [1.54, 1.807) is 0 Å². The molecule has 3 unspecified atom stereocenters. The van der Waals surface area contributed by atoms with Crippen LogP contribution in [-0.2, 0) is 0 Å². The number of benzene rings is 1. The van der Waals surface area contributed by atoms with E-state index in [2.05, 4.69) is 52.0 Å². The van der Waals surface area contributed by atoms with E-state index in [9.17, 15) is 5.11 Å². The number of likely N-dealkylation sites (tertiary alicyclic amines) is 1. The van der Waals surface area contributed by atoms with E-state index < -0.39 is 0 Å². The standard InChI is InChI=1S/C17H27BrN2O/c1-3-16(19)17(14-5-4-6-15(18)11-14)20-9-7-13(8-10-20)12(2)21/h4-6,11-13,16-17,21H,3,7-10,19H2,1-2H3. The summed E-state index contributed by atoms with van der Waals surface area (Å²) in [6.45, 7) is 6.09. The zero-order chi connectivity index (χ0) is 15.4. The molecule has 3 nitrogen and oxygen atoms in total. The molecule has 2 rings (SSSR count). The molecule has 1 aliphatic rings. The van der Waals surface area contributed by atoms with E-state index in [1.807, 2.05) is 6.92 Å². The van der Waals surface area contributed by atoms with Gasteiger partial charge in [0.1, 0.15) is 0 Å². The molecule has 1 aromatic carbocycles. The molecule has 1 aromatic rings. The average molecular weight is 355 g/mol. The van der Waals surface area contributed by atoms with Crippen LogP contribution in [0.25, 0.3) is 0 Å². The van der Waals surface area contributed by atoms with Crippen LogP contribution in [0.3, 0.4) is 0 Å². The molecular formula is C17H27BrN2O. The predicted octanol–water partition coefficient (Wildman–Crippen LogP) is 3.32. The molecule has 0 aromatic heterocycles. The fraction of sp³-hybridized carbons (Fsp3) is 0.647. The van der Waals surface area contributed by atoms with Gasteiger partial charge in [0.2, 0.25) is 0 Å². The molecule has 4 heteroatoms. The summed E-state index contributed by atoms with van der Waals surface area (Å²) in [5, 5.41) is 9.76. The van der Waals surface area contributed by atoms with Crippen LogP contribution in [0.2, 0.25) is 0 Å². The molecule has 0 saturated carbocycles. The quantitative estimate of drug-likeness (QED) is 0.852. The molecule has 1 aliphatic heterocycles. The van der Waals surface area contributed by atoms with E-state index in [0.717, 1.165) is 36.8 Å². The normalized spacial score (nSPS) is 22.0. The number of aliphatic hydroxyl groups excluding tert-OH is 1. The van der Waals surface area contributed by atoms with Crippen molar-refractivity contribution < 1.29 is 5.11 Å². The Hall–Kier alpha value is -0.420. The number of hydrogen-bond acceptors (Lipinski definition) is 3. The fourth-order valence-electron chi connectivity index (χ4n) is 3.32. The highest BCUT2D eigenvalue weighted by atomic mass is 79.9. The van der Waals surface area contributed by atoms with Gasteiger partial charge in [0.05, 0.1) is 6.10 Å². The smallest absolute Gasteiger partial charge is 0.0541 e. The molecule has 3 atom stereocenters. The van der Waals surface area contributed by atoms with Gasteiger partial charge >= 0.3 is 0 Å². The molecule has 0 spiro atoms. The Bertz CT molecular complexity index is 444. The topological polar surface area (TPSA) is 49.5 Å². The van der Waals surface area contributed by atoms with Gasteiger partial charge < -0.3 is 10.8 Å². The van der Waals surface area contributed by atoms with Crippen molar-refractivity contribution in [3.05, 3.63) is 34.3 Å². The summed E-state index contributed by atoms with van der Waals surface area (Å²) < 4.78 is 1.10. The second-order valence-electron chi connectivity index (χ2n) is 6.19. The van der Waals surface area contributed by atoms with E-state index >= 15 is 0 Å². The average Bonchev–Trinajstić information content (AvgIpc) is 2.48. The van der Waals surface area contributed by atoms with Crippen molar-refractivity contribution in [2.24, 2.45) is 11.7 Å². The minimum Gasteiger partial charge on any atom is -0.393 e. The van der Waals surface area contributed by atoms with Gasteiger partial charge in [-0.3, -0.25) is 4.90 Å². The molecule has 21 heavy (non-hydrogen) atoms. The number of aliphatic hydroxyl groups is 1. The maximum atomic E-state index is 9.76. The summed E-state index contributed by atoms with van der Waals surface area (Å²) in [7, 11) is 0. The van der Waals surface area contributed by atoms with Crippen molar-refractivity contribution in [2.75, 3.05) is 13.1 Å². The third kappa shape index (κ3) is 4.28. The first-order chi connectivity index (χ1) is 10.0. The Labute approximate surface area is 136 Å². The largest absolute Gasteiger partial charge is 0.393 e. The molecule has 0 amide bonds. The number of rotatable bonds is 5. The second kappa shape index (κ2) is 7.73. The summed E-state index contributed by atoms with van der Waals surface area (Å²) in [5.41, 5.74) is 7.70. The van der Waals surface area contributed by atoms with Crippen LogP contribution in [0.1, 0.15) is 44.7 Å². The van der Waals surface area contributed by atoms with Crippen LogP contribution in [0.4, 0.5) is 0 Å². The highest BCUT2D eigenvalue weighted by Crippen LogP contribution is 2.31. The Morgan fingerprint density at radius 1 is 1.38 bits per heavy atom. The number of hydrogen-bond donors (Lipinski definition) is 2. The third-order valence-electron chi connectivity index (χ3n) is 4.72. The van der Waals surface area contributed by atoms with E-state index in [4.69, 9.17) is 5.73 Å². The van der Waals surface area contributed by atoms with Gasteiger partial charge in [-0.15, -0.1) is 0 Å². The Balaban J connectivity index is 2.14. The van der Waals surface area contributed by atoms with Gasteiger partial charge in [0, 0.05) is 16.6 Å². The Morgan fingerprint density at radius 2 is 2.05 bits per heavy atom. The summed E-state index contributed by atoms with van der Waals surface area (Å²) >= 11 is 3.56. The molecule has 1 heterocycles. The molecular weight excluding hydrogens is 328 g/mol. The van der Waals surface area contributed by atoms with Crippen LogP contribution < -0.4 is 5.73 Å². The monoisotopic (exact) mass is 354 g/mol. The highest BCUT2D eigenvalue weighted by Gasteiger charge is 2.30. The van der Waals surface area contributed by atoms with Crippen LogP contribution in [0, 0.1) is 5.92 Å². The van der Waals surface area contributed by atoms with Crippen molar-refractivity contribution in [3.8, 4) is 0 Å². The van der Waals surface area contributed by atoms with Gasteiger partial charge in [-0.05, 0) is 62.9 Å².